The molecular weight excluding hydrogens is 279 g/mol. The molecule has 0 nitrogen and oxygen atoms in total. The van der Waals surface area contributed by atoms with Crippen molar-refractivity contribution < 1.29 is 21.1 Å². The predicted octanol–water partition coefficient (Wildman–Crippen LogP) is 2.03. The van der Waals surface area contributed by atoms with Crippen LogP contribution in [0.25, 0.3) is 0 Å². The minimum Gasteiger partial charge on any atom is -0.0658 e. The first kappa shape index (κ1) is 6.29. The Morgan fingerprint density at radius 3 is 1.62 bits per heavy atom. The maximum absolute atomic E-state index is 2.26. The van der Waals surface area contributed by atoms with E-state index in [1.807, 2.05) is 0 Å². The molecule has 0 aromatic rings. The molecule has 0 amide bonds. The van der Waals surface area contributed by atoms with Gasteiger partial charge in [0.15, 0.2) is 0 Å². The average molecular weight is 287 g/mol. The van der Waals surface area contributed by atoms with Crippen molar-refractivity contribution in [1.82, 2.24) is 0 Å². The third kappa shape index (κ3) is 0.821. The van der Waals surface area contributed by atoms with E-state index in [0.29, 0.717) is 0 Å². The van der Waals surface area contributed by atoms with Crippen molar-refractivity contribution in [1.29, 1.82) is 0 Å². The van der Waals surface area contributed by atoms with E-state index in [4.69, 9.17) is 0 Å². The molecule has 0 aromatic heterocycles. The van der Waals surface area contributed by atoms with Crippen molar-refractivity contribution in [3.05, 3.63) is 23.3 Å². The topological polar surface area (TPSA) is 0 Å². The summed E-state index contributed by atoms with van der Waals surface area (Å²) in [5.41, 5.74) is 3.30. The Hall–Kier alpha value is 0.168. The standard InChI is InChI=1S/C7H8.Pt/c1-2-7-4-3-6(1)5-7;/h1-2H,3-5H2;. The van der Waals surface area contributed by atoms with Gasteiger partial charge in [0.25, 0.3) is 0 Å². The van der Waals surface area contributed by atoms with Crippen LogP contribution in [0.1, 0.15) is 19.3 Å². The predicted molar refractivity (Wildman–Crippen MR) is 30.0 cm³/mol. The molecule has 1 fully saturated rings. The van der Waals surface area contributed by atoms with E-state index >= 15 is 0 Å². The summed E-state index contributed by atoms with van der Waals surface area (Å²) in [6.45, 7) is 0. The van der Waals surface area contributed by atoms with Crippen LogP contribution in [0.3, 0.4) is 0 Å². The molecule has 0 aliphatic heterocycles. The second-order valence-electron chi connectivity index (χ2n) is 2.33. The summed E-state index contributed by atoms with van der Waals surface area (Å²) in [5.74, 6) is 0. The molecule has 2 bridgehead atoms. The quantitative estimate of drug-likeness (QED) is 0.639. The van der Waals surface area contributed by atoms with Crippen molar-refractivity contribution in [3.8, 4) is 0 Å². The smallest absolute Gasteiger partial charge is 0 e. The third-order valence-corrected chi connectivity index (χ3v) is 1.78. The van der Waals surface area contributed by atoms with Crippen LogP contribution in [-0.4, -0.2) is 0 Å². The molecule has 2 rings (SSSR count). The van der Waals surface area contributed by atoms with Gasteiger partial charge in [0.2, 0.25) is 0 Å². The summed E-state index contributed by atoms with van der Waals surface area (Å²) in [7, 11) is 0. The van der Waals surface area contributed by atoms with Crippen LogP contribution in [0.15, 0.2) is 23.3 Å². The van der Waals surface area contributed by atoms with Gasteiger partial charge in [-0.05, 0) is 19.3 Å². The van der Waals surface area contributed by atoms with Crippen molar-refractivity contribution in [2.45, 2.75) is 19.3 Å². The Labute approximate surface area is 63.9 Å². The zero-order chi connectivity index (χ0) is 4.69. The molecule has 0 atom stereocenters. The fourth-order valence-corrected chi connectivity index (χ4v) is 1.31. The summed E-state index contributed by atoms with van der Waals surface area (Å²) in [6, 6.07) is 0. The number of fused-ring (bicyclic) bond motifs is 2. The zero-order valence-electron chi connectivity index (χ0n) is 4.59. The Morgan fingerprint density at radius 2 is 1.50 bits per heavy atom. The molecule has 46 valence electrons. The first-order valence-electron chi connectivity index (χ1n) is 2.82. The van der Waals surface area contributed by atoms with E-state index < -0.39 is 0 Å². The molecule has 0 radical (unpaired) electrons. The van der Waals surface area contributed by atoms with Gasteiger partial charge in [-0.2, -0.15) is 0 Å². The van der Waals surface area contributed by atoms with Crippen LogP contribution < -0.4 is 0 Å². The van der Waals surface area contributed by atoms with Crippen LogP contribution in [0.2, 0.25) is 0 Å². The Balaban J connectivity index is 0.000000320. The minimum absolute atomic E-state index is 0. The minimum atomic E-state index is 0. The van der Waals surface area contributed by atoms with Gasteiger partial charge in [-0.25, -0.2) is 0 Å². The number of hydrogen-bond donors (Lipinski definition) is 0. The molecule has 2 aliphatic rings. The van der Waals surface area contributed by atoms with E-state index in [0.717, 1.165) is 0 Å². The Morgan fingerprint density at radius 1 is 1.00 bits per heavy atom. The zero-order valence-corrected chi connectivity index (χ0v) is 6.86. The van der Waals surface area contributed by atoms with Gasteiger partial charge in [0, 0.05) is 21.1 Å². The summed E-state index contributed by atoms with van der Waals surface area (Å²) in [5, 5.41) is 0. The molecule has 0 spiro atoms. The Kier molecular flexibility index (Phi) is 1.72. The van der Waals surface area contributed by atoms with Gasteiger partial charge < -0.3 is 0 Å². The number of hydrogen-bond acceptors (Lipinski definition) is 0. The van der Waals surface area contributed by atoms with Crippen molar-refractivity contribution in [3.63, 3.8) is 0 Å². The second-order valence-corrected chi connectivity index (χ2v) is 2.33. The first-order valence-corrected chi connectivity index (χ1v) is 2.82. The molecule has 2 aliphatic carbocycles. The van der Waals surface area contributed by atoms with Gasteiger partial charge in [-0.3, -0.25) is 0 Å². The molecule has 0 unspecified atom stereocenters. The molecule has 0 saturated heterocycles. The largest absolute Gasteiger partial charge is 0.0658 e. The van der Waals surface area contributed by atoms with E-state index in [1.54, 1.807) is 11.1 Å². The maximum Gasteiger partial charge on any atom is 0 e. The Bertz CT molecular complexity index is 136. The van der Waals surface area contributed by atoms with Crippen molar-refractivity contribution in [2.75, 3.05) is 0 Å². The van der Waals surface area contributed by atoms with Gasteiger partial charge in [0.1, 0.15) is 0 Å². The molecule has 1 heteroatoms. The van der Waals surface area contributed by atoms with E-state index in [-0.39, 0.29) is 21.1 Å². The summed E-state index contributed by atoms with van der Waals surface area (Å²) >= 11 is 0. The van der Waals surface area contributed by atoms with Crippen LogP contribution in [0.4, 0.5) is 0 Å². The van der Waals surface area contributed by atoms with Crippen LogP contribution in [0.5, 0.6) is 0 Å². The van der Waals surface area contributed by atoms with Gasteiger partial charge in [-0.1, -0.05) is 23.3 Å². The van der Waals surface area contributed by atoms with Gasteiger partial charge >= 0.3 is 0 Å². The van der Waals surface area contributed by atoms with E-state index in [9.17, 15) is 0 Å². The molecule has 0 N–H and O–H groups in total. The third-order valence-electron chi connectivity index (χ3n) is 1.78. The monoisotopic (exact) mass is 287 g/mol. The molecule has 1 saturated carbocycles. The van der Waals surface area contributed by atoms with Crippen LogP contribution in [-0.2, 0) is 21.1 Å². The maximum atomic E-state index is 2.26. The summed E-state index contributed by atoms with van der Waals surface area (Å²) in [6.07, 6.45) is 8.54. The van der Waals surface area contributed by atoms with Crippen LogP contribution >= 0.6 is 0 Å². The van der Waals surface area contributed by atoms with Crippen LogP contribution in [0, 0.1) is 0 Å². The molecule has 0 heterocycles. The average Bonchev–Trinajstić information content (AvgIpc) is 2.22. The summed E-state index contributed by atoms with van der Waals surface area (Å²) < 4.78 is 0. The number of rotatable bonds is 0. The van der Waals surface area contributed by atoms with E-state index in [1.165, 1.54) is 19.3 Å². The molecule has 0 aromatic carbocycles. The van der Waals surface area contributed by atoms with Gasteiger partial charge in [-0.15, -0.1) is 0 Å². The fourth-order valence-electron chi connectivity index (χ4n) is 1.31. The van der Waals surface area contributed by atoms with Crippen molar-refractivity contribution in [2.24, 2.45) is 0 Å². The fraction of sp³-hybridized carbons (Fsp3) is 0.429. The summed E-state index contributed by atoms with van der Waals surface area (Å²) in [4.78, 5) is 0. The van der Waals surface area contributed by atoms with E-state index in [2.05, 4.69) is 12.2 Å². The SMILES string of the molecule is C1=C2CCC(=C1)C2.[Pt]. The number of allylic oxidation sites excluding steroid dienone is 4. The van der Waals surface area contributed by atoms with Gasteiger partial charge in [0.05, 0.1) is 0 Å². The first-order chi connectivity index (χ1) is 3.45. The van der Waals surface area contributed by atoms with Crippen molar-refractivity contribution >= 4 is 0 Å². The normalized spacial score (nSPS) is 22.0. The molecular formula is C7H8Pt. The second kappa shape index (κ2) is 2.19. The molecule has 8 heavy (non-hydrogen) atoms.